The van der Waals surface area contributed by atoms with E-state index in [-0.39, 0.29) is 17.7 Å². The summed E-state index contributed by atoms with van der Waals surface area (Å²) in [6.07, 6.45) is 4.18. The minimum absolute atomic E-state index is 0.0763. The van der Waals surface area contributed by atoms with Crippen LogP contribution in [0.3, 0.4) is 0 Å². The lowest BCUT2D eigenvalue weighted by Gasteiger charge is -2.26. The average molecular weight is 342 g/mol. The Bertz CT molecular complexity index is 764. The Hall–Kier alpha value is -2.28. The molecule has 0 aliphatic carbocycles. The van der Waals surface area contributed by atoms with Crippen LogP contribution >= 0.6 is 11.3 Å². The van der Waals surface area contributed by atoms with Gasteiger partial charge >= 0.3 is 0 Å². The fraction of sp³-hybridized carbons (Fsp3) is 0.412. The molecular weight excluding hydrogens is 324 g/mol. The molecule has 24 heavy (non-hydrogen) atoms. The molecule has 2 atom stereocenters. The van der Waals surface area contributed by atoms with Gasteiger partial charge in [0.25, 0.3) is 5.91 Å². The van der Waals surface area contributed by atoms with E-state index >= 15 is 0 Å². The maximum atomic E-state index is 13.1. The van der Waals surface area contributed by atoms with Gasteiger partial charge < -0.3 is 9.80 Å². The number of rotatable bonds is 2. The molecule has 0 saturated carbocycles. The third-order valence-corrected chi connectivity index (χ3v) is 5.85. The smallest absolute Gasteiger partial charge is 0.273 e. The van der Waals surface area contributed by atoms with Crippen LogP contribution in [0.2, 0.25) is 0 Å². The molecule has 0 radical (unpaired) electrons. The molecule has 2 saturated heterocycles. The predicted molar refractivity (Wildman–Crippen MR) is 90.8 cm³/mol. The van der Waals surface area contributed by atoms with Crippen LogP contribution in [-0.4, -0.2) is 46.3 Å². The van der Waals surface area contributed by atoms with Gasteiger partial charge in [-0.1, -0.05) is 6.92 Å². The quantitative estimate of drug-likeness (QED) is 0.838. The second-order valence-electron chi connectivity index (χ2n) is 6.53. The van der Waals surface area contributed by atoms with Crippen molar-refractivity contribution in [2.45, 2.75) is 13.3 Å². The van der Waals surface area contributed by atoms with Crippen LogP contribution in [0.4, 0.5) is 5.69 Å². The topological polar surface area (TPSA) is 66.4 Å². The van der Waals surface area contributed by atoms with E-state index < -0.39 is 5.41 Å². The number of hydrogen-bond donors (Lipinski definition) is 0. The zero-order valence-electron chi connectivity index (χ0n) is 13.4. The number of hydrogen-bond acceptors (Lipinski definition) is 5. The van der Waals surface area contributed by atoms with Gasteiger partial charge in [0.05, 0.1) is 22.8 Å². The van der Waals surface area contributed by atoms with E-state index in [9.17, 15) is 9.59 Å². The Kier molecular flexibility index (Phi) is 3.60. The number of amides is 2. The maximum Gasteiger partial charge on any atom is 0.273 e. The van der Waals surface area contributed by atoms with E-state index in [2.05, 4.69) is 16.9 Å². The fourth-order valence-electron chi connectivity index (χ4n) is 3.85. The van der Waals surface area contributed by atoms with Gasteiger partial charge in [0.15, 0.2) is 0 Å². The van der Waals surface area contributed by atoms with Gasteiger partial charge in [-0.2, -0.15) is 0 Å². The van der Waals surface area contributed by atoms with Gasteiger partial charge in [-0.25, -0.2) is 4.98 Å². The lowest BCUT2D eigenvalue weighted by molar-refractivity contribution is -0.126. The third kappa shape index (κ3) is 2.23. The number of pyridine rings is 1. The highest BCUT2D eigenvalue weighted by atomic mass is 32.1. The van der Waals surface area contributed by atoms with Crippen LogP contribution < -0.4 is 4.90 Å². The molecule has 4 heterocycles. The van der Waals surface area contributed by atoms with Gasteiger partial charge in [0, 0.05) is 31.2 Å². The predicted octanol–water partition coefficient (Wildman–Crippen LogP) is 2.05. The summed E-state index contributed by atoms with van der Waals surface area (Å²) in [5, 5.41) is 1.76. The van der Waals surface area contributed by atoms with Crippen molar-refractivity contribution in [3.05, 3.63) is 41.1 Å². The zero-order valence-corrected chi connectivity index (χ0v) is 14.2. The summed E-state index contributed by atoms with van der Waals surface area (Å²) >= 11 is 1.41. The van der Waals surface area contributed by atoms with Crippen molar-refractivity contribution in [3.8, 4) is 0 Å². The highest BCUT2D eigenvalue weighted by Gasteiger charge is 2.56. The average Bonchev–Trinajstić information content (AvgIpc) is 3.31. The van der Waals surface area contributed by atoms with Gasteiger partial charge in [-0.3, -0.25) is 14.6 Å². The van der Waals surface area contributed by atoms with Gasteiger partial charge in [0.2, 0.25) is 5.91 Å². The number of likely N-dealkylation sites (tertiary alicyclic amines) is 1. The van der Waals surface area contributed by atoms with Gasteiger partial charge in [0.1, 0.15) is 5.69 Å². The molecule has 124 valence electrons. The molecule has 2 fully saturated rings. The van der Waals surface area contributed by atoms with Crippen molar-refractivity contribution in [2.75, 3.05) is 24.5 Å². The molecular formula is C17H18N4O2S. The molecule has 6 nitrogen and oxygen atoms in total. The van der Waals surface area contributed by atoms with Gasteiger partial charge in [-0.05, 0) is 24.5 Å². The van der Waals surface area contributed by atoms with Crippen molar-refractivity contribution in [1.82, 2.24) is 14.9 Å². The molecule has 2 aliphatic heterocycles. The molecule has 2 aliphatic rings. The monoisotopic (exact) mass is 342 g/mol. The Morgan fingerprint density at radius 3 is 3.04 bits per heavy atom. The van der Waals surface area contributed by atoms with E-state index in [0.717, 1.165) is 12.1 Å². The Morgan fingerprint density at radius 1 is 1.46 bits per heavy atom. The molecule has 2 amide bonds. The summed E-state index contributed by atoms with van der Waals surface area (Å²) < 4.78 is 0. The maximum absolute atomic E-state index is 13.1. The van der Waals surface area contributed by atoms with Crippen LogP contribution in [0.25, 0.3) is 0 Å². The largest absolute Gasteiger partial charge is 0.336 e. The second-order valence-corrected chi connectivity index (χ2v) is 7.25. The van der Waals surface area contributed by atoms with E-state index in [0.29, 0.717) is 25.3 Å². The minimum atomic E-state index is -0.485. The Labute approximate surface area is 144 Å². The van der Waals surface area contributed by atoms with Crippen molar-refractivity contribution >= 4 is 28.8 Å². The number of nitrogens with zero attached hydrogens (tertiary/aromatic N) is 4. The summed E-state index contributed by atoms with van der Waals surface area (Å²) in [6, 6.07) is 3.74. The van der Waals surface area contributed by atoms with Crippen LogP contribution in [0.15, 0.2) is 35.4 Å². The summed E-state index contributed by atoms with van der Waals surface area (Å²) in [7, 11) is 0. The van der Waals surface area contributed by atoms with E-state index in [1.54, 1.807) is 33.1 Å². The SMILES string of the molecule is C[C@H]1CN(C(=O)c2cscn2)C[C@@]12CCN(c1cccnc1)C2=O. The summed E-state index contributed by atoms with van der Waals surface area (Å²) in [6.45, 7) is 3.82. The van der Waals surface area contributed by atoms with E-state index in [1.165, 1.54) is 11.3 Å². The van der Waals surface area contributed by atoms with E-state index in [1.807, 2.05) is 12.1 Å². The van der Waals surface area contributed by atoms with Crippen LogP contribution in [-0.2, 0) is 4.79 Å². The molecule has 4 rings (SSSR count). The number of carbonyl (C=O) groups is 2. The summed E-state index contributed by atoms with van der Waals surface area (Å²) in [5.74, 6) is 0.165. The highest BCUT2D eigenvalue weighted by molar-refractivity contribution is 7.07. The lowest BCUT2D eigenvalue weighted by Crippen LogP contribution is -2.40. The summed E-state index contributed by atoms with van der Waals surface area (Å²) in [4.78, 5) is 37.5. The minimum Gasteiger partial charge on any atom is -0.336 e. The van der Waals surface area contributed by atoms with Crippen molar-refractivity contribution in [1.29, 1.82) is 0 Å². The molecule has 7 heteroatoms. The highest BCUT2D eigenvalue weighted by Crippen LogP contribution is 2.46. The first-order valence-corrected chi connectivity index (χ1v) is 8.95. The first-order valence-electron chi connectivity index (χ1n) is 8.01. The number of anilines is 1. The molecule has 0 aromatic carbocycles. The first kappa shape index (κ1) is 15.3. The van der Waals surface area contributed by atoms with Crippen LogP contribution in [0.5, 0.6) is 0 Å². The molecule has 0 bridgehead atoms. The molecule has 0 N–H and O–H groups in total. The Morgan fingerprint density at radius 2 is 2.33 bits per heavy atom. The third-order valence-electron chi connectivity index (χ3n) is 5.26. The number of carbonyl (C=O) groups excluding carboxylic acids is 2. The van der Waals surface area contributed by atoms with Gasteiger partial charge in [-0.15, -0.1) is 11.3 Å². The standard InChI is InChI=1S/C17H18N4O2S/c1-12-8-20(15(22)14-9-24-11-19-14)10-17(12)4-6-21(16(17)23)13-3-2-5-18-7-13/h2-3,5,7,9,11-12H,4,6,8,10H2,1H3/t12-,17-/m0/s1. The molecule has 0 unspecified atom stereocenters. The van der Waals surface area contributed by atoms with Crippen LogP contribution in [0.1, 0.15) is 23.8 Å². The zero-order chi connectivity index (χ0) is 16.7. The van der Waals surface area contributed by atoms with E-state index in [4.69, 9.17) is 0 Å². The van der Waals surface area contributed by atoms with Crippen LogP contribution in [0, 0.1) is 11.3 Å². The normalized spacial score (nSPS) is 26.5. The summed E-state index contributed by atoms with van der Waals surface area (Å²) in [5.41, 5.74) is 2.48. The van der Waals surface area contributed by atoms with Crippen molar-refractivity contribution in [3.63, 3.8) is 0 Å². The molecule has 2 aromatic heterocycles. The van der Waals surface area contributed by atoms with Crippen molar-refractivity contribution in [2.24, 2.45) is 11.3 Å². The second kappa shape index (κ2) is 5.66. The number of aromatic nitrogens is 2. The fourth-order valence-corrected chi connectivity index (χ4v) is 4.38. The molecule has 2 aromatic rings. The Balaban J connectivity index is 1.58. The first-order chi connectivity index (χ1) is 11.6. The van der Waals surface area contributed by atoms with Crippen molar-refractivity contribution < 1.29 is 9.59 Å². The lowest BCUT2D eigenvalue weighted by atomic mass is 9.78. The number of thiazole rings is 1. The molecule has 1 spiro atoms.